The Bertz CT molecular complexity index is 352. The number of hydrogen-bond donors (Lipinski definition) is 1. The van der Waals surface area contributed by atoms with Crippen molar-refractivity contribution >= 4 is 11.7 Å². The normalized spacial score (nSPS) is 9.88. The number of para-hydroxylation sites is 2. The third-order valence-corrected chi connectivity index (χ3v) is 2.25. The Morgan fingerprint density at radius 1 is 1.44 bits per heavy atom. The van der Waals surface area contributed by atoms with Crippen molar-refractivity contribution in [2.45, 2.75) is 13.3 Å². The van der Waals surface area contributed by atoms with Crippen molar-refractivity contribution < 1.29 is 14.6 Å². The maximum atomic E-state index is 10.8. The molecular formula is C12H17NO3. The minimum Gasteiger partial charge on any atom is -0.495 e. The van der Waals surface area contributed by atoms with Gasteiger partial charge in [0.2, 0.25) is 0 Å². The van der Waals surface area contributed by atoms with E-state index < -0.39 is 5.97 Å². The van der Waals surface area contributed by atoms with Crippen molar-refractivity contribution in [2.75, 3.05) is 25.1 Å². The van der Waals surface area contributed by atoms with Crippen molar-refractivity contribution in [3.63, 3.8) is 0 Å². The fourth-order valence-electron chi connectivity index (χ4n) is 1.61. The lowest BCUT2D eigenvalue weighted by Gasteiger charge is -2.24. The maximum Gasteiger partial charge on any atom is 0.323 e. The van der Waals surface area contributed by atoms with Gasteiger partial charge in [-0.2, -0.15) is 0 Å². The number of benzene rings is 1. The van der Waals surface area contributed by atoms with Gasteiger partial charge in [-0.1, -0.05) is 19.1 Å². The van der Waals surface area contributed by atoms with E-state index in [-0.39, 0.29) is 6.54 Å². The number of rotatable bonds is 6. The van der Waals surface area contributed by atoms with E-state index in [1.807, 2.05) is 31.2 Å². The van der Waals surface area contributed by atoms with E-state index in [0.717, 1.165) is 12.1 Å². The van der Waals surface area contributed by atoms with Gasteiger partial charge >= 0.3 is 5.97 Å². The molecule has 0 heterocycles. The first-order chi connectivity index (χ1) is 7.69. The Hall–Kier alpha value is -1.71. The highest BCUT2D eigenvalue weighted by molar-refractivity contribution is 5.75. The quantitative estimate of drug-likeness (QED) is 0.801. The van der Waals surface area contributed by atoms with Crippen molar-refractivity contribution in [1.29, 1.82) is 0 Å². The average molecular weight is 223 g/mol. The van der Waals surface area contributed by atoms with Crippen LogP contribution in [-0.4, -0.2) is 31.3 Å². The molecule has 88 valence electrons. The third kappa shape index (κ3) is 3.15. The SMILES string of the molecule is CCCN(CC(=O)O)c1ccccc1OC. The molecule has 0 aliphatic rings. The minimum absolute atomic E-state index is 0.00574. The van der Waals surface area contributed by atoms with Crippen LogP contribution in [0.4, 0.5) is 5.69 Å². The molecule has 0 amide bonds. The van der Waals surface area contributed by atoms with Crippen molar-refractivity contribution in [3.8, 4) is 5.75 Å². The topological polar surface area (TPSA) is 49.8 Å². The van der Waals surface area contributed by atoms with Gasteiger partial charge in [0.1, 0.15) is 12.3 Å². The number of anilines is 1. The zero-order valence-corrected chi connectivity index (χ0v) is 9.64. The second kappa shape index (κ2) is 6.00. The smallest absolute Gasteiger partial charge is 0.323 e. The zero-order valence-electron chi connectivity index (χ0n) is 9.64. The molecule has 0 saturated heterocycles. The van der Waals surface area contributed by atoms with Gasteiger partial charge in [-0.15, -0.1) is 0 Å². The highest BCUT2D eigenvalue weighted by Gasteiger charge is 2.13. The van der Waals surface area contributed by atoms with Gasteiger partial charge in [0, 0.05) is 6.54 Å². The van der Waals surface area contributed by atoms with Crippen LogP contribution in [0, 0.1) is 0 Å². The first-order valence-corrected chi connectivity index (χ1v) is 5.28. The fourth-order valence-corrected chi connectivity index (χ4v) is 1.61. The summed E-state index contributed by atoms with van der Waals surface area (Å²) in [6, 6.07) is 7.45. The number of ether oxygens (including phenoxy) is 1. The van der Waals surface area contributed by atoms with Gasteiger partial charge in [-0.05, 0) is 18.6 Å². The van der Waals surface area contributed by atoms with Crippen molar-refractivity contribution in [3.05, 3.63) is 24.3 Å². The summed E-state index contributed by atoms with van der Waals surface area (Å²) in [7, 11) is 1.59. The van der Waals surface area contributed by atoms with E-state index in [2.05, 4.69) is 0 Å². The predicted octanol–water partition coefficient (Wildman–Crippen LogP) is 2.00. The number of carbonyl (C=O) groups is 1. The molecule has 1 N–H and O–H groups in total. The van der Waals surface area contributed by atoms with E-state index >= 15 is 0 Å². The van der Waals surface area contributed by atoms with Crippen molar-refractivity contribution in [1.82, 2.24) is 0 Å². The van der Waals surface area contributed by atoms with Crippen LogP contribution in [0.2, 0.25) is 0 Å². The number of carboxylic acids is 1. The summed E-state index contributed by atoms with van der Waals surface area (Å²) in [6.45, 7) is 2.71. The Kier molecular flexibility index (Phi) is 4.64. The molecule has 4 heteroatoms. The Labute approximate surface area is 95.5 Å². The molecule has 0 aliphatic heterocycles. The van der Waals surface area contributed by atoms with Crippen LogP contribution in [0.25, 0.3) is 0 Å². The monoisotopic (exact) mass is 223 g/mol. The van der Waals surface area contributed by atoms with Crippen LogP contribution in [0.15, 0.2) is 24.3 Å². The molecule has 4 nitrogen and oxygen atoms in total. The molecule has 0 aliphatic carbocycles. The maximum absolute atomic E-state index is 10.8. The molecule has 0 spiro atoms. The highest BCUT2D eigenvalue weighted by atomic mass is 16.5. The standard InChI is InChI=1S/C12H17NO3/c1-3-8-13(9-12(14)15)10-6-4-5-7-11(10)16-2/h4-7H,3,8-9H2,1-2H3,(H,14,15). The highest BCUT2D eigenvalue weighted by Crippen LogP contribution is 2.27. The summed E-state index contributed by atoms with van der Waals surface area (Å²) in [6.07, 6.45) is 0.894. The van der Waals surface area contributed by atoms with Crippen LogP contribution in [0.3, 0.4) is 0 Å². The molecule has 0 unspecified atom stereocenters. The number of aliphatic carboxylic acids is 1. The molecule has 1 rings (SSSR count). The summed E-state index contributed by atoms with van der Waals surface area (Å²) >= 11 is 0. The summed E-state index contributed by atoms with van der Waals surface area (Å²) < 4.78 is 5.22. The van der Waals surface area contributed by atoms with E-state index in [1.165, 1.54) is 0 Å². The van der Waals surface area contributed by atoms with Crippen LogP contribution >= 0.6 is 0 Å². The Morgan fingerprint density at radius 3 is 2.69 bits per heavy atom. The summed E-state index contributed by atoms with van der Waals surface area (Å²) in [5.41, 5.74) is 0.828. The zero-order chi connectivity index (χ0) is 12.0. The summed E-state index contributed by atoms with van der Waals surface area (Å²) in [5, 5.41) is 8.85. The van der Waals surface area contributed by atoms with Gasteiger partial charge in [0.15, 0.2) is 0 Å². The lowest BCUT2D eigenvalue weighted by atomic mass is 10.2. The van der Waals surface area contributed by atoms with Crippen LogP contribution in [0.5, 0.6) is 5.75 Å². The summed E-state index contributed by atoms with van der Waals surface area (Å²) in [4.78, 5) is 12.6. The second-order valence-electron chi connectivity index (χ2n) is 3.49. The van der Waals surface area contributed by atoms with E-state index in [9.17, 15) is 4.79 Å². The molecule has 0 saturated carbocycles. The lowest BCUT2D eigenvalue weighted by molar-refractivity contribution is -0.135. The van der Waals surface area contributed by atoms with Crippen LogP contribution < -0.4 is 9.64 Å². The molecular weight excluding hydrogens is 206 g/mol. The Morgan fingerprint density at radius 2 is 2.12 bits per heavy atom. The molecule has 16 heavy (non-hydrogen) atoms. The lowest BCUT2D eigenvalue weighted by Crippen LogP contribution is -2.30. The minimum atomic E-state index is -0.834. The molecule has 0 atom stereocenters. The molecule has 0 bridgehead atoms. The number of methoxy groups -OCH3 is 1. The van der Waals surface area contributed by atoms with Gasteiger partial charge in [0.25, 0.3) is 0 Å². The summed E-state index contributed by atoms with van der Waals surface area (Å²) in [5.74, 6) is -0.128. The van der Waals surface area contributed by atoms with Gasteiger partial charge in [-0.3, -0.25) is 4.79 Å². The average Bonchev–Trinajstić information content (AvgIpc) is 2.28. The molecule has 0 fully saturated rings. The number of nitrogens with zero attached hydrogens (tertiary/aromatic N) is 1. The fraction of sp³-hybridized carbons (Fsp3) is 0.417. The first-order valence-electron chi connectivity index (χ1n) is 5.28. The van der Waals surface area contributed by atoms with E-state index in [1.54, 1.807) is 12.0 Å². The first kappa shape index (κ1) is 12.4. The second-order valence-corrected chi connectivity index (χ2v) is 3.49. The van der Waals surface area contributed by atoms with Crippen molar-refractivity contribution in [2.24, 2.45) is 0 Å². The molecule has 0 aromatic heterocycles. The van der Waals surface area contributed by atoms with Gasteiger partial charge < -0.3 is 14.7 Å². The van der Waals surface area contributed by atoms with Gasteiger partial charge in [0.05, 0.1) is 12.8 Å². The largest absolute Gasteiger partial charge is 0.495 e. The number of hydrogen-bond acceptors (Lipinski definition) is 3. The number of carboxylic acid groups (broad SMARTS) is 1. The van der Waals surface area contributed by atoms with Crippen LogP contribution in [0.1, 0.15) is 13.3 Å². The van der Waals surface area contributed by atoms with E-state index in [0.29, 0.717) is 12.3 Å². The molecule has 1 aromatic rings. The van der Waals surface area contributed by atoms with Crippen LogP contribution in [-0.2, 0) is 4.79 Å². The predicted molar refractivity (Wildman–Crippen MR) is 63.1 cm³/mol. The van der Waals surface area contributed by atoms with E-state index in [4.69, 9.17) is 9.84 Å². The Balaban J connectivity index is 2.94. The molecule has 1 aromatic carbocycles. The third-order valence-electron chi connectivity index (χ3n) is 2.25. The molecule has 0 radical (unpaired) electrons. The van der Waals surface area contributed by atoms with Gasteiger partial charge in [-0.25, -0.2) is 0 Å².